The van der Waals surface area contributed by atoms with Crippen LogP contribution in [-0.2, 0) is 10.0 Å². The van der Waals surface area contributed by atoms with Crippen LogP contribution in [0.15, 0.2) is 35.5 Å². The first kappa shape index (κ1) is 15.8. The van der Waals surface area contributed by atoms with Crippen LogP contribution in [0, 0.1) is 6.92 Å². The van der Waals surface area contributed by atoms with E-state index in [1.54, 1.807) is 19.1 Å². The van der Waals surface area contributed by atoms with Gasteiger partial charge < -0.3 is 5.43 Å². The smallest absolute Gasteiger partial charge is 0.281 e. The topological polar surface area (TPSA) is 97.1 Å². The van der Waals surface area contributed by atoms with Gasteiger partial charge in [-0.3, -0.25) is 10.6 Å². The largest absolute Gasteiger partial charge is 0.321 e. The number of sulfonamides is 1. The molecule has 0 aliphatic rings. The molecular formula is C12H12Cl2N4O2S. The first-order valence-corrected chi connectivity index (χ1v) is 7.99. The molecule has 0 unspecified atom stereocenters. The van der Waals surface area contributed by atoms with Gasteiger partial charge in [-0.1, -0.05) is 23.2 Å². The Morgan fingerprint density at radius 1 is 1.19 bits per heavy atom. The number of nitrogens with zero attached hydrogens (tertiary/aromatic N) is 1. The summed E-state index contributed by atoms with van der Waals surface area (Å²) in [6.45, 7) is 1.77. The van der Waals surface area contributed by atoms with Crippen LogP contribution >= 0.6 is 23.2 Å². The number of aromatic nitrogens is 1. The fourth-order valence-electron chi connectivity index (χ4n) is 1.63. The molecule has 0 spiro atoms. The summed E-state index contributed by atoms with van der Waals surface area (Å²) >= 11 is 12.0. The van der Waals surface area contributed by atoms with Gasteiger partial charge in [-0.2, -0.15) is 8.42 Å². The lowest BCUT2D eigenvalue weighted by atomic mass is 10.2. The van der Waals surface area contributed by atoms with Crippen molar-refractivity contribution in [2.75, 3.05) is 10.1 Å². The summed E-state index contributed by atoms with van der Waals surface area (Å²) in [6, 6.07) is 6.06. The molecule has 0 atom stereocenters. The summed E-state index contributed by atoms with van der Waals surface area (Å²) < 4.78 is 27.1. The van der Waals surface area contributed by atoms with E-state index in [1.165, 1.54) is 18.3 Å². The monoisotopic (exact) mass is 346 g/mol. The van der Waals surface area contributed by atoms with Crippen LogP contribution in [0.3, 0.4) is 0 Å². The minimum absolute atomic E-state index is 0.166. The molecule has 0 amide bonds. The zero-order chi connectivity index (χ0) is 15.6. The van der Waals surface area contributed by atoms with Gasteiger partial charge in [0.05, 0.1) is 16.4 Å². The number of anilines is 2. The van der Waals surface area contributed by atoms with Crippen molar-refractivity contribution in [3.63, 3.8) is 0 Å². The molecule has 1 heterocycles. The maximum Gasteiger partial charge on any atom is 0.281 e. The van der Waals surface area contributed by atoms with Gasteiger partial charge in [0.1, 0.15) is 0 Å². The van der Waals surface area contributed by atoms with Crippen molar-refractivity contribution in [1.82, 2.24) is 4.98 Å². The summed E-state index contributed by atoms with van der Waals surface area (Å²) in [5, 5.41) is 0.397. The zero-order valence-electron chi connectivity index (χ0n) is 10.9. The van der Waals surface area contributed by atoms with Gasteiger partial charge in [0.15, 0.2) is 0 Å². The van der Waals surface area contributed by atoms with Crippen molar-refractivity contribution < 1.29 is 8.42 Å². The number of pyridine rings is 1. The van der Waals surface area contributed by atoms with Crippen LogP contribution in [0.25, 0.3) is 0 Å². The molecule has 9 heteroatoms. The number of halogens is 2. The molecule has 2 rings (SSSR count). The number of hydrazine groups is 1. The molecule has 0 fully saturated rings. The highest BCUT2D eigenvalue weighted by Crippen LogP contribution is 2.31. The van der Waals surface area contributed by atoms with Crippen molar-refractivity contribution in [3.8, 4) is 0 Å². The van der Waals surface area contributed by atoms with Crippen LogP contribution in [0.2, 0.25) is 10.0 Å². The summed E-state index contributed by atoms with van der Waals surface area (Å²) in [4.78, 5) is 3.82. The van der Waals surface area contributed by atoms with Crippen LogP contribution in [0.4, 0.5) is 11.4 Å². The maximum absolute atomic E-state index is 12.4. The summed E-state index contributed by atoms with van der Waals surface area (Å²) in [6.07, 6.45) is 1.35. The molecule has 0 aliphatic carbocycles. The molecule has 0 saturated heterocycles. The Balaban J connectivity index is 2.45. The lowest BCUT2D eigenvalue weighted by Gasteiger charge is -2.12. The van der Waals surface area contributed by atoms with Gasteiger partial charge in [0.25, 0.3) is 10.0 Å². The lowest BCUT2D eigenvalue weighted by Crippen LogP contribution is -2.19. The van der Waals surface area contributed by atoms with E-state index in [4.69, 9.17) is 29.0 Å². The van der Waals surface area contributed by atoms with Gasteiger partial charge in [0.2, 0.25) is 5.03 Å². The maximum atomic E-state index is 12.4. The van der Waals surface area contributed by atoms with Crippen LogP contribution < -0.4 is 16.0 Å². The second-order valence-electron chi connectivity index (χ2n) is 4.19. The Morgan fingerprint density at radius 2 is 1.90 bits per heavy atom. The van der Waals surface area contributed by atoms with E-state index in [-0.39, 0.29) is 21.4 Å². The van der Waals surface area contributed by atoms with E-state index in [1.807, 2.05) is 0 Å². The summed E-state index contributed by atoms with van der Waals surface area (Å²) in [5.41, 5.74) is 3.36. The number of rotatable bonds is 4. The van der Waals surface area contributed by atoms with Crippen LogP contribution in [0.1, 0.15) is 5.56 Å². The lowest BCUT2D eigenvalue weighted by molar-refractivity contribution is 0.598. The number of hydrogen-bond donors (Lipinski definition) is 3. The molecule has 0 bridgehead atoms. The van der Waals surface area contributed by atoms with Gasteiger partial charge >= 0.3 is 0 Å². The highest BCUT2D eigenvalue weighted by atomic mass is 35.5. The second kappa shape index (κ2) is 6.07. The average molecular weight is 347 g/mol. The fraction of sp³-hybridized carbons (Fsp3) is 0.0833. The third-order valence-electron chi connectivity index (χ3n) is 2.67. The Labute approximate surface area is 132 Å². The molecule has 1 aromatic carbocycles. The number of hydrogen-bond acceptors (Lipinski definition) is 5. The molecular weight excluding hydrogens is 335 g/mol. The van der Waals surface area contributed by atoms with E-state index in [0.717, 1.165) is 5.56 Å². The highest BCUT2D eigenvalue weighted by molar-refractivity contribution is 7.92. The number of benzene rings is 1. The number of nitrogen functional groups attached to an aromatic ring is 1. The quantitative estimate of drug-likeness (QED) is 0.584. The minimum Gasteiger partial charge on any atom is -0.321 e. The molecule has 2 aromatic rings. The van der Waals surface area contributed by atoms with E-state index in [0.29, 0.717) is 5.02 Å². The Morgan fingerprint density at radius 3 is 2.57 bits per heavy atom. The predicted octanol–water partition coefficient (Wildman–Crippen LogP) is 2.78. The van der Waals surface area contributed by atoms with Crippen LogP contribution in [-0.4, -0.2) is 13.4 Å². The normalized spacial score (nSPS) is 11.2. The zero-order valence-corrected chi connectivity index (χ0v) is 13.2. The van der Waals surface area contributed by atoms with Gasteiger partial charge in [0, 0.05) is 11.2 Å². The van der Waals surface area contributed by atoms with E-state index < -0.39 is 10.0 Å². The van der Waals surface area contributed by atoms with Crippen molar-refractivity contribution in [2.24, 2.45) is 5.84 Å². The fourth-order valence-corrected chi connectivity index (χ4v) is 3.29. The standard InChI is InChI=1S/C12H12Cl2N4O2S/c1-7-5-9(14)11(6-8(7)13)18-21(19,20)12-10(17-15)3-2-4-16-12/h2-6,17-18H,15H2,1H3. The van der Waals surface area contributed by atoms with E-state index in [2.05, 4.69) is 15.1 Å². The summed E-state index contributed by atoms with van der Waals surface area (Å²) in [5.74, 6) is 5.29. The molecule has 0 saturated carbocycles. The first-order chi connectivity index (χ1) is 9.85. The number of nitrogens with one attached hydrogen (secondary N) is 2. The molecule has 4 N–H and O–H groups in total. The Bertz CT molecular complexity index is 781. The highest BCUT2D eigenvalue weighted by Gasteiger charge is 2.21. The van der Waals surface area contributed by atoms with Crippen molar-refractivity contribution in [3.05, 3.63) is 46.1 Å². The molecule has 0 radical (unpaired) electrons. The van der Waals surface area contributed by atoms with E-state index >= 15 is 0 Å². The third-order valence-corrected chi connectivity index (χ3v) is 4.72. The average Bonchev–Trinajstić information content (AvgIpc) is 2.44. The minimum atomic E-state index is -3.95. The first-order valence-electron chi connectivity index (χ1n) is 5.75. The number of nitrogens with two attached hydrogens (primary N) is 1. The van der Waals surface area contributed by atoms with Gasteiger partial charge in [-0.15, -0.1) is 0 Å². The Kier molecular flexibility index (Phi) is 4.58. The summed E-state index contributed by atoms with van der Waals surface area (Å²) in [7, 11) is -3.95. The predicted molar refractivity (Wildman–Crippen MR) is 84.1 cm³/mol. The van der Waals surface area contributed by atoms with Crippen LogP contribution in [0.5, 0.6) is 0 Å². The number of aryl methyl sites for hydroxylation is 1. The molecule has 0 aliphatic heterocycles. The van der Waals surface area contributed by atoms with E-state index in [9.17, 15) is 8.42 Å². The molecule has 1 aromatic heterocycles. The second-order valence-corrected chi connectivity index (χ2v) is 6.60. The SMILES string of the molecule is Cc1cc(Cl)c(NS(=O)(=O)c2ncccc2NN)cc1Cl. The van der Waals surface area contributed by atoms with Crippen molar-refractivity contribution in [1.29, 1.82) is 0 Å². The van der Waals surface area contributed by atoms with Crippen molar-refractivity contribution >= 4 is 44.6 Å². The Hall–Kier alpha value is -1.54. The molecule has 21 heavy (non-hydrogen) atoms. The van der Waals surface area contributed by atoms with Gasteiger partial charge in [-0.25, -0.2) is 4.98 Å². The molecule has 6 nitrogen and oxygen atoms in total. The molecule has 112 valence electrons. The third kappa shape index (κ3) is 3.38. The van der Waals surface area contributed by atoms with Gasteiger partial charge in [-0.05, 0) is 36.8 Å². The van der Waals surface area contributed by atoms with Crippen molar-refractivity contribution in [2.45, 2.75) is 11.9 Å².